The van der Waals surface area contributed by atoms with Crippen LogP contribution in [0.3, 0.4) is 0 Å². The van der Waals surface area contributed by atoms with E-state index in [1.807, 2.05) is 13.1 Å². The number of nitrogens with zero attached hydrogens (tertiary/aromatic N) is 2. The van der Waals surface area contributed by atoms with Gasteiger partial charge in [0.1, 0.15) is 5.82 Å². The molecule has 3 heterocycles. The molecule has 3 aliphatic heterocycles. The quantitative estimate of drug-likeness (QED) is 0.899. The molecule has 0 aliphatic carbocycles. The topological polar surface area (TPSA) is 18.5 Å². The second-order valence-electron chi connectivity index (χ2n) is 5.72. The molecule has 0 amide bonds. The molecule has 0 saturated carbocycles. The molecule has 0 radical (unpaired) electrons. The Morgan fingerprint density at radius 1 is 1.35 bits per heavy atom. The normalized spacial score (nSPS) is 30.4. The van der Waals surface area contributed by atoms with E-state index in [9.17, 15) is 4.39 Å². The van der Waals surface area contributed by atoms with Crippen molar-refractivity contribution in [1.29, 1.82) is 0 Å². The lowest BCUT2D eigenvalue weighted by atomic mass is 9.94. The highest BCUT2D eigenvalue weighted by molar-refractivity contribution is 9.10. The fourth-order valence-corrected chi connectivity index (χ4v) is 3.84. The summed E-state index contributed by atoms with van der Waals surface area (Å²) in [5.74, 6) is -0.174. The molecule has 0 spiro atoms. The van der Waals surface area contributed by atoms with E-state index in [0.717, 1.165) is 31.6 Å². The molecule has 4 rings (SSSR count). The molecule has 0 aromatic heterocycles. The Balaban J connectivity index is 1.75. The zero-order chi connectivity index (χ0) is 14.1. The lowest BCUT2D eigenvalue weighted by Gasteiger charge is -2.50. The molecule has 3 nitrogen and oxygen atoms in total. The van der Waals surface area contributed by atoms with E-state index >= 15 is 0 Å². The molecule has 2 unspecified atom stereocenters. The number of benzene rings is 1. The van der Waals surface area contributed by atoms with Crippen LogP contribution in [0.5, 0.6) is 0 Å². The molecule has 110 valence electrons. The molecule has 5 heteroatoms. The van der Waals surface area contributed by atoms with E-state index in [-0.39, 0.29) is 5.82 Å². The minimum Gasteiger partial charge on any atom is -0.315 e. The van der Waals surface area contributed by atoms with E-state index in [1.165, 1.54) is 19.2 Å². The van der Waals surface area contributed by atoms with Crippen LogP contribution >= 0.6 is 15.9 Å². The Kier molecular flexibility index (Phi) is 4.40. The van der Waals surface area contributed by atoms with Crippen molar-refractivity contribution in [3.05, 3.63) is 34.1 Å². The van der Waals surface area contributed by atoms with Crippen molar-refractivity contribution in [3.8, 4) is 0 Å². The van der Waals surface area contributed by atoms with Gasteiger partial charge in [-0.3, -0.25) is 9.80 Å². The highest BCUT2D eigenvalue weighted by Gasteiger charge is 2.36. The van der Waals surface area contributed by atoms with Crippen LogP contribution in [0.15, 0.2) is 22.7 Å². The first kappa shape index (κ1) is 14.4. The van der Waals surface area contributed by atoms with E-state index < -0.39 is 0 Å². The maximum absolute atomic E-state index is 13.6. The van der Waals surface area contributed by atoms with Gasteiger partial charge < -0.3 is 5.32 Å². The average Bonchev–Trinajstić information content (AvgIpc) is 2.50. The average molecular weight is 342 g/mol. The number of fused-ring (bicyclic) bond motifs is 3. The second-order valence-corrected chi connectivity index (χ2v) is 6.51. The van der Waals surface area contributed by atoms with Gasteiger partial charge in [0.25, 0.3) is 0 Å². The van der Waals surface area contributed by atoms with Gasteiger partial charge in [-0.2, -0.15) is 0 Å². The lowest BCUT2D eigenvalue weighted by Crippen LogP contribution is -2.66. The highest BCUT2D eigenvalue weighted by atomic mass is 79.9. The Morgan fingerprint density at radius 2 is 2.10 bits per heavy atom. The van der Waals surface area contributed by atoms with Crippen LogP contribution in [0.1, 0.15) is 5.56 Å². The van der Waals surface area contributed by atoms with Crippen molar-refractivity contribution in [2.45, 2.75) is 18.5 Å². The Hall–Kier alpha value is -0.490. The predicted molar refractivity (Wildman–Crippen MR) is 82.5 cm³/mol. The van der Waals surface area contributed by atoms with Gasteiger partial charge in [-0.25, -0.2) is 4.39 Å². The number of hydrogen-bond acceptors (Lipinski definition) is 3. The number of rotatable bonds is 4. The van der Waals surface area contributed by atoms with Crippen LogP contribution in [-0.4, -0.2) is 61.7 Å². The maximum atomic E-state index is 13.6. The zero-order valence-corrected chi connectivity index (χ0v) is 13.4. The molecular formula is C15H21BrFN3. The number of hydrogen-bond donors (Lipinski definition) is 1. The zero-order valence-electron chi connectivity index (χ0n) is 11.8. The van der Waals surface area contributed by atoms with Gasteiger partial charge in [0, 0.05) is 44.8 Å². The van der Waals surface area contributed by atoms with Crippen LogP contribution in [0.2, 0.25) is 0 Å². The number of halogens is 2. The van der Waals surface area contributed by atoms with Gasteiger partial charge in [0.05, 0.1) is 4.47 Å². The summed E-state index contributed by atoms with van der Waals surface area (Å²) in [5.41, 5.74) is 1.04. The standard InChI is InChI=1S/C15H21BrFN3/c1-18-13(9-11-3-2-4-12(17)15(11)16)14-10-19-5-7-20(14)8-6-19/h2-4,13-14,18H,5-10H2,1H3. The lowest BCUT2D eigenvalue weighted by molar-refractivity contribution is -0.00205. The van der Waals surface area contributed by atoms with Crippen molar-refractivity contribution in [1.82, 2.24) is 15.1 Å². The van der Waals surface area contributed by atoms with Gasteiger partial charge in [0.2, 0.25) is 0 Å². The molecule has 20 heavy (non-hydrogen) atoms. The van der Waals surface area contributed by atoms with Crippen molar-refractivity contribution in [2.24, 2.45) is 0 Å². The van der Waals surface area contributed by atoms with Gasteiger partial charge in [0.15, 0.2) is 0 Å². The summed E-state index contributed by atoms with van der Waals surface area (Å²) in [6.45, 7) is 5.83. The Labute approximate surface area is 128 Å². The summed E-state index contributed by atoms with van der Waals surface area (Å²) in [4.78, 5) is 5.12. The van der Waals surface area contributed by atoms with Crippen LogP contribution < -0.4 is 5.32 Å². The van der Waals surface area contributed by atoms with Crippen LogP contribution in [-0.2, 0) is 6.42 Å². The van der Waals surface area contributed by atoms with Gasteiger partial charge in [-0.1, -0.05) is 12.1 Å². The van der Waals surface area contributed by atoms with Gasteiger partial charge >= 0.3 is 0 Å². The van der Waals surface area contributed by atoms with Crippen LogP contribution in [0.4, 0.5) is 4.39 Å². The third-order valence-corrected chi connectivity index (χ3v) is 5.52. The van der Waals surface area contributed by atoms with Crippen molar-refractivity contribution < 1.29 is 4.39 Å². The van der Waals surface area contributed by atoms with Crippen molar-refractivity contribution >= 4 is 15.9 Å². The first-order valence-electron chi connectivity index (χ1n) is 7.25. The maximum Gasteiger partial charge on any atom is 0.137 e. The molecule has 3 aliphatic rings. The van der Waals surface area contributed by atoms with E-state index in [1.54, 1.807) is 6.07 Å². The fourth-order valence-electron chi connectivity index (χ4n) is 3.41. The third-order valence-electron chi connectivity index (χ3n) is 4.63. The van der Waals surface area contributed by atoms with Gasteiger partial charge in [-0.05, 0) is 41.0 Å². The number of likely N-dealkylation sites (N-methyl/N-ethyl adjacent to an activating group) is 1. The van der Waals surface area contributed by atoms with Crippen molar-refractivity contribution in [3.63, 3.8) is 0 Å². The van der Waals surface area contributed by atoms with Crippen LogP contribution in [0.25, 0.3) is 0 Å². The molecule has 1 aromatic carbocycles. The molecular weight excluding hydrogens is 321 g/mol. The first-order valence-corrected chi connectivity index (χ1v) is 8.05. The smallest absolute Gasteiger partial charge is 0.137 e. The minimum atomic E-state index is -0.174. The Bertz CT molecular complexity index is 474. The molecule has 2 atom stereocenters. The van der Waals surface area contributed by atoms with Gasteiger partial charge in [-0.15, -0.1) is 0 Å². The molecule has 3 saturated heterocycles. The monoisotopic (exact) mass is 341 g/mol. The summed E-state index contributed by atoms with van der Waals surface area (Å²) >= 11 is 3.38. The van der Waals surface area contributed by atoms with Crippen molar-refractivity contribution in [2.75, 3.05) is 39.8 Å². The number of piperazine rings is 3. The summed E-state index contributed by atoms with van der Waals surface area (Å²) in [6.07, 6.45) is 0.851. The van der Waals surface area contributed by atoms with E-state index in [2.05, 4.69) is 31.0 Å². The molecule has 1 N–H and O–H groups in total. The first-order chi connectivity index (χ1) is 9.69. The largest absolute Gasteiger partial charge is 0.315 e. The minimum absolute atomic E-state index is 0.174. The SMILES string of the molecule is CNC(Cc1cccc(F)c1Br)C1CN2CCN1CC2. The van der Waals surface area contributed by atoms with E-state index in [4.69, 9.17) is 0 Å². The molecule has 1 aromatic rings. The van der Waals surface area contributed by atoms with Crippen LogP contribution in [0, 0.1) is 5.82 Å². The predicted octanol–water partition coefficient (Wildman–Crippen LogP) is 1.72. The summed E-state index contributed by atoms with van der Waals surface area (Å²) in [5, 5.41) is 3.44. The second kappa shape index (κ2) is 6.10. The summed E-state index contributed by atoms with van der Waals surface area (Å²) in [7, 11) is 2.01. The molecule has 3 fully saturated rings. The molecule has 2 bridgehead atoms. The third kappa shape index (κ3) is 2.77. The van der Waals surface area contributed by atoms with E-state index in [0.29, 0.717) is 16.6 Å². The highest BCUT2D eigenvalue weighted by Crippen LogP contribution is 2.25. The summed E-state index contributed by atoms with van der Waals surface area (Å²) in [6, 6.07) is 6.18. The number of nitrogens with one attached hydrogen (secondary N) is 1. The summed E-state index contributed by atoms with van der Waals surface area (Å²) < 4.78 is 14.2. The Morgan fingerprint density at radius 3 is 2.70 bits per heavy atom. The fraction of sp³-hybridized carbons (Fsp3) is 0.600.